The van der Waals surface area contributed by atoms with E-state index in [1.54, 1.807) is 0 Å². The van der Waals surface area contributed by atoms with Crippen LogP contribution in [-0.4, -0.2) is 13.1 Å². The first-order valence-corrected chi connectivity index (χ1v) is 4.47. The molecule has 2 N–H and O–H groups in total. The van der Waals surface area contributed by atoms with Gasteiger partial charge in [0.1, 0.15) is 0 Å². The maximum absolute atomic E-state index is 5.70. The molecular formula is C10H16Cl2N2. The first-order chi connectivity index (χ1) is 5.86. The Morgan fingerprint density at radius 1 is 1.07 bits per heavy atom. The van der Waals surface area contributed by atoms with Crippen molar-refractivity contribution in [2.24, 2.45) is 0 Å². The van der Waals surface area contributed by atoms with Crippen molar-refractivity contribution in [2.75, 3.05) is 23.7 Å². The molecule has 0 bridgehead atoms. The SMILES string of the molecule is Cl.Cl.Nc1cccc(N2CCCC2)c1. The van der Waals surface area contributed by atoms with E-state index >= 15 is 0 Å². The van der Waals surface area contributed by atoms with E-state index in [4.69, 9.17) is 5.73 Å². The number of nitrogen functional groups attached to an aromatic ring is 1. The van der Waals surface area contributed by atoms with E-state index in [0.717, 1.165) is 5.69 Å². The third-order valence-corrected chi connectivity index (χ3v) is 2.34. The van der Waals surface area contributed by atoms with Crippen LogP contribution in [0, 0.1) is 0 Å². The average molecular weight is 235 g/mol. The molecule has 1 heterocycles. The second-order valence-electron chi connectivity index (χ2n) is 3.29. The van der Waals surface area contributed by atoms with Crippen LogP contribution < -0.4 is 10.6 Å². The number of anilines is 2. The third kappa shape index (κ3) is 2.96. The lowest BCUT2D eigenvalue weighted by atomic mass is 10.2. The number of hydrogen-bond acceptors (Lipinski definition) is 2. The van der Waals surface area contributed by atoms with Crippen molar-refractivity contribution in [3.63, 3.8) is 0 Å². The number of nitrogens with zero attached hydrogens (tertiary/aromatic N) is 1. The monoisotopic (exact) mass is 234 g/mol. The zero-order valence-corrected chi connectivity index (χ0v) is 9.61. The van der Waals surface area contributed by atoms with Gasteiger partial charge in [-0.15, -0.1) is 24.8 Å². The summed E-state index contributed by atoms with van der Waals surface area (Å²) in [5, 5.41) is 0. The van der Waals surface area contributed by atoms with Crippen molar-refractivity contribution in [3.8, 4) is 0 Å². The molecule has 0 spiro atoms. The summed E-state index contributed by atoms with van der Waals surface area (Å²) in [7, 11) is 0. The molecule has 1 aromatic carbocycles. The van der Waals surface area contributed by atoms with Gasteiger partial charge in [0.2, 0.25) is 0 Å². The Hall–Kier alpha value is -0.600. The van der Waals surface area contributed by atoms with Crippen molar-refractivity contribution >= 4 is 36.2 Å². The summed E-state index contributed by atoms with van der Waals surface area (Å²) in [6.45, 7) is 2.37. The van der Waals surface area contributed by atoms with E-state index in [1.807, 2.05) is 18.2 Å². The minimum atomic E-state index is 0. The molecular weight excluding hydrogens is 219 g/mol. The highest BCUT2D eigenvalue weighted by Gasteiger charge is 2.11. The fourth-order valence-electron chi connectivity index (χ4n) is 1.70. The Bertz CT molecular complexity index is 273. The summed E-state index contributed by atoms with van der Waals surface area (Å²) in [5.41, 5.74) is 7.83. The Morgan fingerprint density at radius 3 is 2.29 bits per heavy atom. The van der Waals surface area contributed by atoms with Crippen LogP contribution in [0.5, 0.6) is 0 Å². The average Bonchev–Trinajstić information content (AvgIpc) is 2.56. The van der Waals surface area contributed by atoms with Crippen LogP contribution in [0.2, 0.25) is 0 Å². The van der Waals surface area contributed by atoms with E-state index in [1.165, 1.54) is 31.6 Å². The number of hydrogen-bond donors (Lipinski definition) is 1. The van der Waals surface area contributed by atoms with Gasteiger partial charge in [-0.1, -0.05) is 6.07 Å². The molecule has 0 saturated carbocycles. The van der Waals surface area contributed by atoms with Gasteiger partial charge >= 0.3 is 0 Å². The van der Waals surface area contributed by atoms with Crippen molar-refractivity contribution in [2.45, 2.75) is 12.8 Å². The van der Waals surface area contributed by atoms with E-state index in [9.17, 15) is 0 Å². The van der Waals surface area contributed by atoms with Crippen LogP contribution in [0.3, 0.4) is 0 Å². The smallest absolute Gasteiger partial charge is 0.0386 e. The fraction of sp³-hybridized carbons (Fsp3) is 0.400. The molecule has 1 fully saturated rings. The van der Waals surface area contributed by atoms with Crippen LogP contribution in [0.15, 0.2) is 24.3 Å². The summed E-state index contributed by atoms with van der Waals surface area (Å²) in [4.78, 5) is 2.39. The standard InChI is InChI=1S/C10H14N2.2ClH/c11-9-4-3-5-10(8-9)12-6-1-2-7-12;;/h3-5,8H,1-2,6-7,11H2;2*1H. The first-order valence-electron chi connectivity index (χ1n) is 4.47. The normalized spacial score (nSPS) is 14.4. The molecule has 14 heavy (non-hydrogen) atoms. The number of rotatable bonds is 1. The molecule has 0 amide bonds. The predicted molar refractivity (Wildman–Crippen MR) is 66.8 cm³/mol. The molecule has 1 aliphatic rings. The molecule has 2 nitrogen and oxygen atoms in total. The maximum Gasteiger partial charge on any atom is 0.0386 e. The molecule has 2 rings (SSSR count). The number of halogens is 2. The molecule has 0 aromatic heterocycles. The predicted octanol–water partition coefficient (Wildman–Crippen LogP) is 2.71. The van der Waals surface area contributed by atoms with Gasteiger partial charge < -0.3 is 10.6 Å². The van der Waals surface area contributed by atoms with Crippen LogP contribution in [-0.2, 0) is 0 Å². The summed E-state index contributed by atoms with van der Waals surface area (Å²) in [6.07, 6.45) is 2.63. The minimum absolute atomic E-state index is 0. The van der Waals surface area contributed by atoms with Crippen LogP contribution >= 0.6 is 24.8 Å². The van der Waals surface area contributed by atoms with E-state index in [-0.39, 0.29) is 24.8 Å². The second kappa shape index (κ2) is 5.99. The van der Waals surface area contributed by atoms with Crippen molar-refractivity contribution in [1.82, 2.24) is 0 Å². The van der Waals surface area contributed by atoms with Crippen molar-refractivity contribution < 1.29 is 0 Å². The fourth-order valence-corrected chi connectivity index (χ4v) is 1.70. The van der Waals surface area contributed by atoms with Gasteiger partial charge in [-0.05, 0) is 31.0 Å². The summed E-state index contributed by atoms with van der Waals surface area (Å²) < 4.78 is 0. The van der Waals surface area contributed by atoms with Gasteiger partial charge in [-0.25, -0.2) is 0 Å². The van der Waals surface area contributed by atoms with E-state index in [0.29, 0.717) is 0 Å². The zero-order chi connectivity index (χ0) is 8.39. The summed E-state index contributed by atoms with van der Waals surface area (Å²) >= 11 is 0. The second-order valence-corrected chi connectivity index (χ2v) is 3.29. The Balaban J connectivity index is 0.000000845. The molecule has 4 heteroatoms. The Morgan fingerprint density at radius 2 is 1.71 bits per heavy atom. The molecule has 0 unspecified atom stereocenters. The molecule has 0 aliphatic carbocycles. The zero-order valence-electron chi connectivity index (χ0n) is 7.98. The number of benzene rings is 1. The third-order valence-electron chi connectivity index (χ3n) is 2.34. The molecule has 80 valence electrons. The highest BCUT2D eigenvalue weighted by atomic mass is 35.5. The Kier molecular flexibility index (Phi) is 5.73. The van der Waals surface area contributed by atoms with Gasteiger partial charge in [-0.2, -0.15) is 0 Å². The highest BCUT2D eigenvalue weighted by Crippen LogP contribution is 2.21. The van der Waals surface area contributed by atoms with Gasteiger partial charge in [0.25, 0.3) is 0 Å². The van der Waals surface area contributed by atoms with Crippen LogP contribution in [0.4, 0.5) is 11.4 Å². The lowest BCUT2D eigenvalue weighted by molar-refractivity contribution is 0.949. The van der Waals surface area contributed by atoms with Gasteiger partial charge in [-0.3, -0.25) is 0 Å². The van der Waals surface area contributed by atoms with Crippen molar-refractivity contribution in [1.29, 1.82) is 0 Å². The van der Waals surface area contributed by atoms with Crippen LogP contribution in [0.1, 0.15) is 12.8 Å². The van der Waals surface area contributed by atoms with E-state index < -0.39 is 0 Å². The molecule has 1 aliphatic heterocycles. The lowest BCUT2D eigenvalue weighted by Crippen LogP contribution is -2.17. The summed E-state index contributed by atoms with van der Waals surface area (Å²) in [5.74, 6) is 0. The quantitative estimate of drug-likeness (QED) is 0.758. The van der Waals surface area contributed by atoms with Gasteiger partial charge in [0.15, 0.2) is 0 Å². The summed E-state index contributed by atoms with van der Waals surface area (Å²) in [6, 6.07) is 8.12. The molecule has 0 atom stereocenters. The van der Waals surface area contributed by atoms with Crippen molar-refractivity contribution in [3.05, 3.63) is 24.3 Å². The number of nitrogens with two attached hydrogens (primary N) is 1. The van der Waals surface area contributed by atoms with Crippen LogP contribution in [0.25, 0.3) is 0 Å². The molecule has 1 aromatic rings. The molecule has 0 radical (unpaired) electrons. The Labute approximate surface area is 97.3 Å². The topological polar surface area (TPSA) is 29.3 Å². The molecule has 1 saturated heterocycles. The largest absolute Gasteiger partial charge is 0.399 e. The highest BCUT2D eigenvalue weighted by molar-refractivity contribution is 5.85. The minimum Gasteiger partial charge on any atom is -0.399 e. The van der Waals surface area contributed by atoms with E-state index in [2.05, 4.69) is 11.0 Å². The lowest BCUT2D eigenvalue weighted by Gasteiger charge is -2.17. The maximum atomic E-state index is 5.70. The van der Waals surface area contributed by atoms with Gasteiger partial charge in [0.05, 0.1) is 0 Å². The first kappa shape index (κ1) is 13.4. The van der Waals surface area contributed by atoms with Gasteiger partial charge in [0, 0.05) is 24.5 Å².